The maximum Gasteiger partial charge on any atom is 0.248 e. The van der Waals surface area contributed by atoms with E-state index in [1.807, 2.05) is 6.07 Å². The van der Waals surface area contributed by atoms with Crippen LogP contribution in [-0.2, 0) is 0 Å². The zero-order chi connectivity index (χ0) is 7.61. The van der Waals surface area contributed by atoms with Crippen molar-refractivity contribution in [3.05, 3.63) is 0 Å². The van der Waals surface area contributed by atoms with E-state index in [1.54, 1.807) is 0 Å². The molecule has 0 heterocycles. The van der Waals surface area contributed by atoms with E-state index in [0.717, 1.165) is 0 Å². The molecule has 0 spiro atoms. The van der Waals surface area contributed by atoms with Gasteiger partial charge in [0.15, 0.2) is 0 Å². The molecule has 0 aromatic rings. The lowest BCUT2D eigenvalue weighted by atomic mass is 10.1. The van der Waals surface area contributed by atoms with Crippen molar-refractivity contribution in [1.29, 1.82) is 5.26 Å². The van der Waals surface area contributed by atoms with Gasteiger partial charge in [-0.25, -0.2) is 8.78 Å². The van der Waals surface area contributed by atoms with E-state index in [9.17, 15) is 8.78 Å². The Bertz CT molecular complexity index is 159. The van der Waals surface area contributed by atoms with Crippen LogP contribution in [-0.4, -0.2) is 5.92 Å². The molecular formula is C7H9F2N. The predicted octanol–water partition coefficient (Wildman–Crippen LogP) is 2.34. The zero-order valence-corrected chi connectivity index (χ0v) is 5.61. The molecule has 1 rings (SSSR count). The molecule has 0 bridgehead atoms. The Morgan fingerprint density at radius 2 is 2.30 bits per heavy atom. The highest BCUT2D eigenvalue weighted by Crippen LogP contribution is 2.39. The Morgan fingerprint density at radius 1 is 1.60 bits per heavy atom. The van der Waals surface area contributed by atoms with Gasteiger partial charge in [-0.15, -0.1) is 0 Å². The highest BCUT2D eigenvalue weighted by Gasteiger charge is 2.38. The Morgan fingerprint density at radius 3 is 2.70 bits per heavy atom. The second-order valence-electron chi connectivity index (χ2n) is 2.83. The molecule has 0 N–H and O–H groups in total. The standard InChI is InChI=1S/C7H9F2N/c8-7(9)3-1-6(5-7)2-4-10/h6H,1-3,5H2. The lowest BCUT2D eigenvalue weighted by Crippen LogP contribution is -2.09. The summed E-state index contributed by atoms with van der Waals surface area (Å²) in [6.45, 7) is 0. The smallest absolute Gasteiger partial charge is 0.207 e. The number of nitrogens with zero attached hydrogens (tertiary/aromatic N) is 1. The molecule has 10 heavy (non-hydrogen) atoms. The maximum absolute atomic E-state index is 12.4. The van der Waals surface area contributed by atoms with Crippen LogP contribution in [0.15, 0.2) is 0 Å². The summed E-state index contributed by atoms with van der Waals surface area (Å²) in [5.74, 6) is -2.54. The fourth-order valence-electron chi connectivity index (χ4n) is 1.35. The minimum Gasteiger partial charge on any atom is -0.207 e. The molecule has 1 aliphatic carbocycles. The number of nitriles is 1. The van der Waals surface area contributed by atoms with E-state index in [-0.39, 0.29) is 25.2 Å². The first kappa shape index (κ1) is 7.46. The van der Waals surface area contributed by atoms with Crippen LogP contribution in [0, 0.1) is 17.2 Å². The van der Waals surface area contributed by atoms with E-state index in [4.69, 9.17) is 5.26 Å². The largest absolute Gasteiger partial charge is 0.248 e. The van der Waals surface area contributed by atoms with Crippen LogP contribution in [0.3, 0.4) is 0 Å². The van der Waals surface area contributed by atoms with Gasteiger partial charge in [0.1, 0.15) is 0 Å². The van der Waals surface area contributed by atoms with Crippen LogP contribution in [0.4, 0.5) is 8.78 Å². The third-order valence-electron chi connectivity index (χ3n) is 1.89. The van der Waals surface area contributed by atoms with Crippen molar-refractivity contribution in [2.45, 2.75) is 31.6 Å². The summed E-state index contributed by atoms with van der Waals surface area (Å²) in [6, 6.07) is 1.91. The lowest BCUT2D eigenvalue weighted by molar-refractivity contribution is 0.00525. The number of alkyl halides is 2. The van der Waals surface area contributed by atoms with Crippen molar-refractivity contribution >= 4 is 0 Å². The second kappa shape index (κ2) is 2.53. The molecule has 0 aliphatic heterocycles. The number of rotatable bonds is 1. The average molecular weight is 145 g/mol. The van der Waals surface area contributed by atoms with Crippen LogP contribution in [0.2, 0.25) is 0 Å². The van der Waals surface area contributed by atoms with Gasteiger partial charge in [0.2, 0.25) is 5.92 Å². The summed E-state index contributed by atoms with van der Waals surface area (Å²) in [7, 11) is 0. The molecule has 1 aliphatic rings. The van der Waals surface area contributed by atoms with Crippen molar-refractivity contribution in [3.8, 4) is 6.07 Å². The average Bonchev–Trinajstić information content (AvgIpc) is 2.12. The molecule has 0 saturated heterocycles. The van der Waals surface area contributed by atoms with Crippen molar-refractivity contribution < 1.29 is 8.78 Å². The SMILES string of the molecule is N#CCC1CCC(F)(F)C1. The summed E-state index contributed by atoms with van der Waals surface area (Å²) >= 11 is 0. The molecule has 0 aromatic heterocycles. The Labute approximate surface area is 58.6 Å². The predicted molar refractivity (Wildman–Crippen MR) is 32.5 cm³/mol. The van der Waals surface area contributed by atoms with Gasteiger partial charge in [-0.05, 0) is 12.3 Å². The zero-order valence-electron chi connectivity index (χ0n) is 5.61. The van der Waals surface area contributed by atoms with Crippen molar-refractivity contribution in [2.75, 3.05) is 0 Å². The van der Waals surface area contributed by atoms with Crippen molar-refractivity contribution in [2.24, 2.45) is 5.92 Å². The summed E-state index contributed by atoms with van der Waals surface area (Å²) < 4.78 is 24.8. The van der Waals surface area contributed by atoms with Crippen LogP contribution in [0.5, 0.6) is 0 Å². The minimum atomic E-state index is -2.48. The van der Waals surface area contributed by atoms with Gasteiger partial charge in [-0.1, -0.05) is 0 Å². The molecule has 3 heteroatoms. The fourth-order valence-corrected chi connectivity index (χ4v) is 1.35. The van der Waals surface area contributed by atoms with Crippen LogP contribution in [0.25, 0.3) is 0 Å². The molecule has 1 atom stereocenters. The van der Waals surface area contributed by atoms with Gasteiger partial charge in [-0.2, -0.15) is 5.26 Å². The topological polar surface area (TPSA) is 23.8 Å². The first-order valence-corrected chi connectivity index (χ1v) is 3.39. The summed E-state index contributed by atoms with van der Waals surface area (Å²) in [5.41, 5.74) is 0. The van der Waals surface area contributed by atoms with Crippen molar-refractivity contribution in [1.82, 2.24) is 0 Å². The number of halogens is 2. The van der Waals surface area contributed by atoms with Gasteiger partial charge in [-0.3, -0.25) is 0 Å². The molecule has 1 nitrogen and oxygen atoms in total. The van der Waals surface area contributed by atoms with Gasteiger partial charge in [0, 0.05) is 19.3 Å². The van der Waals surface area contributed by atoms with Gasteiger partial charge < -0.3 is 0 Å². The van der Waals surface area contributed by atoms with Gasteiger partial charge in [0.05, 0.1) is 6.07 Å². The Hall–Kier alpha value is -0.650. The highest BCUT2D eigenvalue weighted by atomic mass is 19.3. The van der Waals surface area contributed by atoms with E-state index in [0.29, 0.717) is 6.42 Å². The molecule has 1 unspecified atom stereocenters. The number of hydrogen-bond acceptors (Lipinski definition) is 1. The normalized spacial score (nSPS) is 29.9. The Kier molecular flexibility index (Phi) is 1.89. The van der Waals surface area contributed by atoms with E-state index in [1.165, 1.54) is 0 Å². The summed E-state index contributed by atoms with van der Waals surface area (Å²) in [5, 5.41) is 8.20. The van der Waals surface area contributed by atoms with Gasteiger partial charge >= 0.3 is 0 Å². The van der Waals surface area contributed by atoms with Crippen LogP contribution >= 0.6 is 0 Å². The summed E-state index contributed by atoms with van der Waals surface area (Å²) in [4.78, 5) is 0. The monoisotopic (exact) mass is 145 g/mol. The molecule has 1 fully saturated rings. The molecule has 56 valence electrons. The molecule has 0 radical (unpaired) electrons. The van der Waals surface area contributed by atoms with Crippen LogP contribution in [0.1, 0.15) is 25.7 Å². The summed E-state index contributed by atoms with van der Waals surface area (Å²) in [6.07, 6.45) is 0.691. The molecule has 0 amide bonds. The maximum atomic E-state index is 12.4. The lowest BCUT2D eigenvalue weighted by Gasteiger charge is -2.06. The molecule has 1 saturated carbocycles. The van der Waals surface area contributed by atoms with Gasteiger partial charge in [0.25, 0.3) is 0 Å². The van der Waals surface area contributed by atoms with E-state index < -0.39 is 5.92 Å². The minimum absolute atomic E-state index is 0.0284. The van der Waals surface area contributed by atoms with Crippen LogP contribution < -0.4 is 0 Å². The first-order chi connectivity index (χ1) is 4.64. The van der Waals surface area contributed by atoms with E-state index >= 15 is 0 Å². The van der Waals surface area contributed by atoms with Crippen molar-refractivity contribution in [3.63, 3.8) is 0 Å². The quantitative estimate of drug-likeness (QED) is 0.555. The van der Waals surface area contributed by atoms with E-state index in [2.05, 4.69) is 0 Å². The molecular weight excluding hydrogens is 136 g/mol. The highest BCUT2D eigenvalue weighted by molar-refractivity contribution is 4.86. The second-order valence-corrected chi connectivity index (χ2v) is 2.83. The fraction of sp³-hybridized carbons (Fsp3) is 0.857. The third kappa shape index (κ3) is 1.66. The molecule has 0 aromatic carbocycles. The first-order valence-electron chi connectivity index (χ1n) is 3.39. The Balaban J connectivity index is 2.38. The number of hydrogen-bond donors (Lipinski definition) is 0. The third-order valence-corrected chi connectivity index (χ3v) is 1.89.